The molecule has 0 saturated heterocycles. The van der Waals surface area contributed by atoms with Crippen LogP contribution in [0.15, 0.2) is 59.3 Å². The topological polar surface area (TPSA) is 17.8 Å². The maximum atomic E-state index is 4.59. The molecule has 0 fully saturated rings. The van der Waals surface area contributed by atoms with Gasteiger partial charge in [0.2, 0.25) is 0 Å². The van der Waals surface area contributed by atoms with E-state index >= 15 is 0 Å². The number of nitrogens with zero attached hydrogens (tertiary/aromatic N) is 2. The average Bonchev–Trinajstić information content (AvgIpc) is 3.03. The van der Waals surface area contributed by atoms with Crippen LogP contribution in [0.1, 0.15) is 52.7 Å². The Morgan fingerprint density at radius 2 is 1.38 bits per heavy atom. The molecule has 0 aliphatic carbocycles. The summed E-state index contributed by atoms with van der Waals surface area (Å²) >= 11 is 3.64. The van der Waals surface area contributed by atoms with Crippen LogP contribution >= 0.6 is 15.9 Å². The van der Waals surface area contributed by atoms with Crippen molar-refractivity contribution >= 4 is 15.9 Å². The second-order valence-electron chi connectivity index (χ2n) is 8.95. The molecule has 0 aliphatic rings. The zero-order valence-corrected chi connectivity index (χ0v) is 18.1. The molecule has 2 nitrogen and oxygen atoms in total. The molecule has 0 radical (unpaired) electrons. The Balaban J connectivity index is 1.95. The zero-order valence-electron chi connectivity index (χ0n) is 16.5. The lowest BCUT2D eigenvalue weighted by Crippen LogP contribution is -2.12. The van der Waals surface area contributed by atoms with Crippen molar-refractivity contribution in [2.75, 3.05) is 0 Å². The largest absolute Gasteiger partial charge is 0.240 e. The Morgan fingerprint density at radius 3 is 1.96 bits per heavy atom. The Morgan fingerprint density at radius 1 is 0.769 bits per heavy atom. The SMILES string of the molecule is CC(C)(C)c1ccc(-c2cnn(-c3cc(Br)cc(C(C)(C)C)c3)c2)cc1. The van der Waals surface area contributed by atoms with Crippen molar-refractivity contribution < 1.29 is 0 Å². The molecule has 0 atom stereocenters. The van der Waals surface area contributed by atoms with Gasteiger partial charge in [0.25, 0.3) is 0 Å². The first-order valence-electron chi connectivity index (χ1n) is 9.01. The van der Waals surface area contributed by atoms with Crippen molar-refractivity contribution in [2.45, 2.75) is 52.4 Å². The predicted octanol–water partition coefficient (Wildman–Crippen LogP) is 6.90. The first kappa shape index (κ1) is 18.9. The van der Waals surface area contributed by atoms with Gasteiger partial charge in [0.1, 0.15) is 0 Å². The normalized spacial score (nSPS) is 12.4. The lowest BCUT2D eigenvalue weighted by atomic mass is 9.86. The maximum absolute atomic E-state index is 4.59. The van der Waals surface area contributed by atoms with Crippen LogP contribution in [0, 0.1) is 0 Å². The Hall–Kier alpha value is -1.87. The molecule has 1 heterocycles. The molecule has 0 amide bonds. The number of benzene rings is 2. The molecule has 0 unspecified atom stereocenters. The van der Waals surface area contributed by atoms with Gasteiger partial charge in [-0.1, -0.05) is 81.7 Å². The third-order valence-electron chi connectivity index (χ3n) is 4.68. The second-order valence-corrected chi connectivity index (χ2v) is 9.86. The third kappa shape index (κ3) is 4.09. The van der Waals surface area contributed by atoms with Gasteiger partial charge in [-0.05, 0) is 45.7 Å². The number of rotatable bonds is 2. The van der Waals surface area contributed by atoms with E-state index in [0.29, 0.717) is 0 Å². The van der Waals surface area contributed by atoms with Crippen LogP contribution in [-0.4, -0.2) is 9.78 Å². The van der Waals surface area contributed by atoms with Gasteiger partial charge < -0.3 is 0 Å². The second kappa shape index (κ2) is 6.70. The van der Waals surface area contributed by atoms with Crippen molar-refractivity contribution in [3.63, 3.8) is 0 Å². The molecule has 136 valence electrons. The highest BCUT2D eigenvalue weighted by molar-refractivity contribution is 9.10. The van der Waals surface area contributed by atoms with E-state index in [1.165, 1.54) is 16.7 Å². The fourth-order valence-electron chi connectivity index (χ4n) is 2.92. The van der Waals surface area contributed by atoms with Crippen molar-refractivity contribution in [3.05, 3.63) is 70.5 Å². The van der Waals surface area contributed by atoms with Crippen LogP contribution in [0.3, 0.4) is 0 Å². The highest BCUT2D eigenvalue weighted by Crippen LogP contribution is 2.30. The average molecular weight is 411 g/mol. The first-order chi connectivity index (χ1) is 12.0. The van der Waals surface area contributed by atoms with E-state index in [-0.39, 0.29) is 10.8 Å². The van der Waals surface area contributed by atoms with Crippen LogP contribution in [0.25, 0.3) is 16.8 Å². The van der Waals surface area contributed by atoms with Crippen molar-refractivity contribution in [1.29, 1.82) is 0 Å². The standard InChI is InChI=1S/C23H27BrN2/c1-22(2,3)18-9-7-16(8-10-18)17-14-25-26(15-17)21-12-19(23(4,5)6)11-20(24)13-21/h7-15H,1-6H3. The fourth-order valence-corrected chi connectivity index (χ4v) is 3.40. The fraction of sp³-hybridized carbons (Fsp3) is 0.348. The molecule has 2 aromatic carbocycles. The van der Waals surface area contributed by atoms with Crippen LogP contribution in [0.2, 0.25) is 0 Å². The molecule has 3 aromatic rings. The Labute approximate surface area is 165 Å². The molecule has 26 heavy (non-hydrogen) atoms. The van der Waals surface area contributed by atoms with Gasteiger partial charge in [0.15, 0.2) is 0 Å². The summed E-state index contributed by atoms with van der Waals surface area (Å²) in [6, 6.07) is 15.3. The van der Waals surface area contributed by atoms with E-state index in [9.17, 15) is 0 Å². The van der Waals surface area contributed by atoms with Gasteiger partial charge in [0.05, 0.1) is 11.9 Å². The van der Waals surface area contributed by atoms with Crippen LogP contribution in [0.5, 0.6) is 0 Å². The minimum absolute atomic E-state index is 0.0945. The van der Waals surface area contributed by atoms with E-state index in [0.717, 1.165) is 15.7 Å². The van der Waals surface area contributed by atoms with Gasteiger partial charge in [-0.3, -0.25) is 0 Å². The quantitative estimate of drug-likeness (QED) is 0.449. The molecule has 3 rings (SSSR count). The minimum Gasteiger partial charge on any atom is -0.240 e. The summed E-state index contributed by atoms with van der Waals surface area (Å²) in [7, 11) is 0. The van der Waals surface area contributed by atoms with Crippen LogP contribution in [0.4, 0.5) is 0 Å². The van der Waals surface area contributed by atoms with Crippen molar-refractivity contribution in [3.8, 4) is 16.8 Å². The van der Waals surface area contributed by atoms with Gasteiger partial charge in [-0.15, -0.1) is 0 Å². The number of aromatic nitrogens is 2. The highest BCUT2D eigenvalue weighted by Gasteiger charge is 2.16. The monoisotopic (exact) mass is 410 g/mol. The van der Waals surface area contributed by atoms with Gasteiger partial charge in [0, 0.05) is 16.2 Å². The predicted molar refractivity (Wildman–Crippen MR) is 114 cm³/mol. The highest BCUT2D eigenvalue weighted by atomic mass is 79.9. The van der Waals surface area contributed by atoms with Gasteiger partial charge in [-0.25, -0.2) is 4.68 Å². The summed E-state index contributed by atoms with van der Waals surface area (Å²) in [5, 5.41) is 4.59. The minimum atomic E-state index is 0.0945. The third-order valence-corrected chi connectivity index (χ3v) is 5.14. The number of halogens is 1. The number of hydrogen-bond acceptors (Lipinski definition) is 1. The van der Waals surface area contributed by atoms with Crippen molar-refractivity contribution in [1.82, 2.24) is 9.78 Å². The molecule has 1 aromatic heterocycles. The van der Waals surface area contributed by atoms with Crippen LogP contribution in [-0.2, 0) is 10.8 Å². The molecule has 0 bridgehead atoms. The van der Waals surface area contributed by atoms with Gasteiger partial charge >= 0.3 is 0 Å². The van der Waals surface area contributed by atoms with E-state index in [1.54, 1.807) is 0 Å². The molecular weight excluding hydrogens is 384 g/mol. The molecular formula is C23H27BrN2. The lowest BCUT2D eigenvalue weighted by molar-refractivity contribution is 0.589. The summed E-state index contributed by atoms with van der Waals surface area (Å²) in [5.41, 5.74) is 6.28. The molecule has 3 heteroatoms. The van der Waals surface area contributed by atoms with Crippen molar-refractivity contribution in [2.24, 2.45) is 0 Å². The smallest absolute Gasteiger partial charge is 0.0659 e. The van der Waals surface area contributed by atoms with E-state index in [2.05, 4.69) is 111 Å². The summed E-state index contributed by atoms with van der Waals surface area (Å²) in [6.45, 7) is 13.4. The summed E-state index contributed by atoms with van der Waals surface area (Å²) < 4.78 is 3.03. The first-order valence-corrected chi connectivity index (χ1v) is 9.80. The lowest BCUT2D eigenvalue weighted by Gasteiger charge is -2.20. The summed E-state index contributed by atoms with van der Waals surface area (Å²) in [6.07, 6.45) is 4.03. The van der Waals surface area contributed by atoms with E-state index in [4.69, 9.17) is 0 Å². The summed E-state index contributed by atoms with van der Waals surface area (Å²) in [5.74, 6) is 0. The molecule has 0 saturated carbocycles. The van der Waals surface area contributed by atoms with Gasteiger partial charge in [-0.2, -0.15) is 5.10 Å². The molecule has 0 aliphatic heterocycles. The Bertz CT molecular complexity index is 907. The summed E-state index contributed by atoms with van der Waals surface area (Å²) in [4.78, 5) is 0. The molecule has 0 N–H and O–H groups in total. The number of hydrogen-bond donors (Lipinski definition) is 0. The van der Waals surface area contributed by atoms with E-state index in [1.807, 2.05) is 10.9 Å². The maximum Gasteiger partial charge on any atom is 0.0659 e. The van der Waals surface area contributed by atoms with E-state index < -0.39 is 0 Å². The zero-order chi connectivity index (χ0) is 19.1. The van der Waals surface area contributed by atoms with Crippen LogP contribution < -0.4 is 0 Å². The Kier molecular flexibility index (Phi) is 4.87. The molecule has 0 spiro atoms.